The zero-order valence-corrected chi connectivity index (χ0v) is 39.7. The number of phenols is 1. The number of benzene rings is 6. The van der Waals surface area contributed by atoms with Gasteiger partial charge in [0.15, 0.2) is 25.4 Å². The number of fused-ring (bicyclic) bond motifs is 1. The van der Waals surface area contributed by atoms with E-state index in [1.165, 1.54) is 42.5 Å². The van der Waals surface area contributed by atoms with Crippen LogP contribution in [0.5, 0.6) is 5.75 Å². The summed E-state index contributed by atoms with van der Waals surface area (Å²) in [5.41, 5.74) is 15.7. The van der Waals surface area contributed by atoms with Crippen LogP contribution in [-0.4, -0.2) is 86.2 Å². The standard InChI is InChI=1S/C37H33N9O18S6/c38-22-3-11-28(27(39)17-22)43-41-23-4-1-20(2-5-23)19-66(50,51)25-8-6-24(7-9-25)42-45-35-31(68(55,56)57)15-21-16-32(69(58,59)60)36(37(47)33(21)34(35)40)46-44-29-12-10-26(18-30(29)67(52,53)54)65(48,49)14-13-64-70(61,62)63/h1-12,15-18,47H,13-14,19,38-40H2,(H,52,53,54)(H,55,56,57)(H,58,59,60)(H,61,62,63). The van der Waals surface area contributed by atoms with E-state index in [0.717, 1.165) is 12.1 Å². The highest BCUT2D eigenvalue weighted by Crippen LogP contribution is 2.48. The summed E-state index contributed by atoms with van der Waals surface area (Å²) < 4.78 is 191. The fourth-order valence-corrected chi connectivity index (χ4v) is 11.0. The molecule has 0 aliphatic rings. The first-order valence-electron chi connectivity index (χ1n) is 18.7. The monoisotopic (exact) mass is 1080 g/mol. The molecule has 370 valence electrons. The topological polar surface area (TPSA) is 467 Å². The highest BCUT2D eigenvalue weighted by molar-refractivity contribution is 7.91. The fourth-order valence-electron chi connectivity index (χ4n) is 6.12. The zero-order valence-electron chi connectivity index (χ0n) is 34.8. The summed E-state index contributed by atoms with van der Waals surface area (Å²) in [7, 11) is -29.9. The highest BCUT2D eigenvalue weighted by Gasteiger charge is 2.29. The predicted octanol–water partition coefficient (Wildman–Crippen LogP) is 5.85. The van der Waals surface area contributed by atoms with Crippen LogP contribution in [0.1, 0.15) is 5.56 Å². The number of phenolic OH excluding ortho intramolecular Hbond substituents is 1. The fraction of sp³-hybridized carbons (Fsp3) is 0.0811. The quantitative estimate of drug-likeness (QED) is 0.0302. The lowest BCUT2D eigenvalue weighted by molar-refractivity contribution is 0.284. The first-order valence-corrected chi connectivity index (χ1v) is 27.7. The molecule has 0 unspecified atom stereocenters. The van der Waals surface area contributed by atoms with E-state index in [1.54, 1.807) is 12.1 Å². The molecular formula is C37H33N9O18S6. The largest absolute Gasteiger partial charge is 0.505 e. The average Bonchev–Trinajstić information content (AvgIpc) is 3.24. The van der Waals surface area contributed by atoms with Crippen molar-refractivity contribution in [2.24, 2.45) is 30.7 Å². The third kappa shape index (κ3) is 12.4. The number of anilines is 3. The van der Waals surface area contributed by atoms with Gasteiger partial charge in [0.2, 0.25) is 0 Å². The molecule has 0 fully saturated rings. The minimum Gasteiger partial charge on any atom is -0.505 e. The Morgan fingerprint density at radius 1 is 0.500 bits per heavy atom. The maximum atomic E-state index is 13.3. The van der Waals surface area contributed by atoms with Crippen molar-refractivity contribution < 1.29 is 78.0 Å². The summed E-state index contributed by atoms with van der Waals surface area (Å²) in [5, 5.41) is 33.0. The number of aromatic hydroxyl groups is 1. The van der Waals surface area contributed by atoms with E-state index in [0.29, 0.717) is 58.6 Å². The third-order valence-electron chi connectivity index (χ3n) is 9.36. The molecule has 0 radical (unpaired) electrons. The molecule has 70 heavy (non-hydrogen) atoms. The number of sulfone groups is 2. The lowest BCUT2D eigenvalue weighted by atomic mass is 10.1. The van der Waals surface area contributed by atoms with Gasteiger partial charge in [-0.05, 0) is 95.9 Å². The molecule has 6 aromatic rings. The average molecular weight is 1080 g/mol. The van der Waals surface area contributed by atoms with Crippen LogP contribution in [-0.2, 0) is 70.4 Å². The number of hydrogen-bond donors (Lipinski definition) is 8. The Balaban J connectivity index is 1.33. The van der Waals surface area contributed by atoms with Crippen LogP contribution in [0, 0.1) is 0 Å². The molecule has 0 aliphatic carbocycles. The molecule has 0 saturated heterocycles. The summed E-state index contributed by atoms with van der Waals surface area (Å²) >= 11 is 0. The Morgan fingerprint density at radius 2 is 1.00 bits per heavy atom. The van der Waals surface area contributed by atoms with Gasteiger partial charge in [-0.15, -0.1) is 20.5 Å². The predicted molar refractivity (Wildman–Crippen MR) is 247 cm³/mol. The molecule has 33 heteroatoms. The van der Waals surface area contributed by atoms with Gasteiger partial charge in [0.1, 0.15) is 37.4 Å². The van der Waals surface area contributed by atoms with E-state index in [-0.39, 0.29) is 10.6 Å². The number of nitrogen functional groups attached to an aromatic ring is 3. The molecule has 11 N–H and O–H groups in total. The first kappa shape index (κ1) is 52.5. The van der Waals surface area contributed by atoms with Gasteiger partial charge in [-0.25, -0.2) is 21.0 Å². The summed E-state index contributed by atoms with van der Waals surface area (Å²) in [6.07, 6.45) is 0. The Labute approximate surface area is 397 Å². The molecule has 0 spiro atoms. The molecule has 6 aromatic carbocycles. The first-order chi connectivity index (χ1) is 32.3. The summed E-state index contributed by atoms with van der Waals surface area (Å²) in [4.78, 5) is -4.77. The Bertz CT molecular complexity index is 3890. The maximum Gasteiger partial charge on any atom is 0.397 e. The van der Waals surface area contributed by atoms with E-state index in [4.69, 9.17) is 21.8 Å². The van der Waals surface area contributed by atoms with Crippen LogP contribution < -0.4 is 17.2 Å². The van der Waals surface area contributed by atoms with E-state index >= 15 is 0 Å². The summed E-state index contributed by atoms with van der Waals surface area (Å²) in [5.74, 6) is -2.89. The van der Waals surface area contributed by atoms with Crippen molar-refractivity contribution in [3.63, 3.8) is 0 Å². The second-order valence-electron chi connectivity index (χ2n) is 14.3. The van der Waals surface area contributed by atoms with Crippen molar-refractivity contribution in [2.75, 3.05) is 29.6 Å². The van der Waals surface area contributed by atoms with Crippen LogP contribution in [0.15, 0.2) is 152 Å². The molecular weight excluding hydrogens is 1050 g/mol. The number of nitrogens with zero attached hydrogens (tertiary/aromatic N) is 6. The van der Waals surface area contributed by atoms with Crippen molar-refractivity contribution in [1.29, 1.82) is 0 Å². The molecule has 0 aliphatic heterocycles. The van der Waals surface area contributed by atoms with Gasteiger partial charge in [0.25, 0.3) is 30.4 Å². The lowest BCUT2D eigenvalue weighted by Gasteiger charge is -2.14. The minimum absolute atomic E-state index is 0.114. The van der Waals surface area contributed by atoms with Crippen LogP contribution >= 0.6 is 0 Å². The molecule has 0 atom stereocenters. The molecule has 0 aromatic heterocycles. The van der Waals surface area contributed by atoms with E-state index in [1.807, 2.05) is 0 Å². The Kier molecular flexibility index (Phi) is 14.6. The van der Waals surface area contributed by atoms with Crippen LogP contribution in [0.25, 0.3) is 10.8 Å². The third-order valence-corrected chi connectivity index (χ3v) is 15.8. The van der Waals surface area contributed by atoms with Gasteiger partial charge in [-0.1, -0.05) is 12.1 Å². The Morgan fingerprint density at radius 3 is 1.56 bits per heavy atom. The van der Waals surface area contributed by atoms with E-state index in [2.05, 4.69) is 34.9 Å². The molecule has 6 rings (SSSR count). The Hall–Kier alpha value is -6.92. The van der Waals surface area contributed by atoms with Crippen LogP contribution in [0.2, 0.25) is 0 Å². The van der Waals surface area contributed by atoms with Gasteiger partial charge in [-0.3, -0.25) is 18.2 Å². The minimum atomic E-state index is -5.48. The van der Waals surface area contributed by atoms with Crippen molar-refractivity contribution in [1.82, 2.24) is 0 Å². The molecule has 0 bridgehead atoms. The van der Waals surface area contributed by atoms with Crippen LogP contribution in [0.3, 0.4) is 0 Å². The van der Waals surface area contributed by atoms with Gasteiger partial charge in [0, 0.05) is 5.69 Å². The lowest BCUT2D eigenvalue weighted by Crippen LogP contribution is -2.16. The number of nitrogens with two attached hydrogens (primary N) is 3. The number of rotatable bonds is 17. The van der Waals surface area contributed by atoms with E-state index < -0.39 is 137 Å². The maximum absolute atomic E-state index is 13.3. The smallest absolute Gasteiger partial charge is 0.397 e. The van der Waals surface area contributed by atoms with Gasteiger partial charge in [-0.2, -0.15) is 43.9 Å². The SMILES string of the molecule is Nc1ccc(N=Nc2ccc(CS(=O)(=O)c3ccc(N=Nc4c(S(=O)(=O)O)cc5cc(S(=O)(=O)O)c(N=Nc6ccc(S(=O)(=O)CCOS(=O)(=O)O)cc6S(=O)(=O)O)c(O)c5c4N)cc3)cc2)c(N)c1. The van der Waals surface area contributed by atoms with Gasteiger partial charge < -0.3 is 22.3 Å². The van der Waals surface area contributed by atoms with Crippen molar-refractivity contribution in [3.8, 4) is 5.75 Å². The normalized spacial score (nSPS) is 13.3. The van der Waals surface area contributed by atoms with E-state index in [9.17, 15) is 69.3 Å². The second kappa shape index (κ2) is 19.5. The molecule has 0 saturated carbocycles. The van der Waals surface area contributed by atoms with Gasteiger partial charge in [0.05, 0.1) is 56.0 Å². The van der Waals surface area contributed by atoms with Crippen molar-refractivity contribution in [2.45, 2.75) is 30.2 Å². The number of hydrogen-bond acceptors (Lipinski definition) is 23. The van der Waals surface area contributed by atoms with Crippen LogP contribution in [0.4, 0.5) is 51.2 Å². The second-order valence-corrected chi connectivity index (χ2v) is 23.6. The van der Waals surface area contributed by atoms with Gasteiger partial charge >= 0.3 is 10.4 Å². The highest BCUT2D eigenvalue weighted by atomic mass is 32.3. The molecule has 27 nitrogen and oxygen atoms in total. The summed E-state index contributed by atoms with van der Waals surface area (Å²) in [6.45, 7) is -1.13. The van der Waals surface area contributed by atoms with Crippen molar-refractivity contribution in [3.05, 3.63) is 103 Å². The zero-order chi connectivity index (χ0) is 51.8. The summed E-state index contributed by atoms with van der Waals surface area (Å²) in [6, 6.07) is 18.2. The molecule has 0 amide bonds. The van der Waals surface area contributed by atoms with Crippen molar-refractivity contribution >= 4 is 122 Å². The number of azo groups is 3. The molecule has 0 heterocycles.